The Morgan fingerprint density at radius 1 is 1.65 bits per heavy atom. The van der Waals surface area contributed by atoms with Crippen molar-refractivity contribution < 1.29 is 27.8 Å². The largest absolute Gasteiger partial charge is 0.490 e. The van der Waals surface area contributed by atoms with Gasteiger partial charge in [0.25, 0.3) is 0 Å². The van der Waals surface area contributed by atoms with Crippen LogP contribution in [0.4, 0.5) is 19.0 Å². The molecule has 1 aromatic rings. The maximum absolute atomic E-state index is 10.6. The standard InChI is InChI=1S/C6H11N3O.C2HF3O2/c1-3-10-6-4-5(7)9(2)8-6;3-2(4,5)1(6)7/h4H,3,7H2,1-2H3;(H,6,7). The molecule has 0 bridgehead atoms. The van der Waals surface area contributed by atoms with Crippen molar-refractivity contribution in [2.24, 2.45) is 7.05 Å². The molecule has 9 heteroatoms. The van der Waals surface area contributed by atoms with Crippen LogP contribution in [0.5, 0.6) is 5.88 Å². The first-order valence-electron chi connectivity index (χ1n) is 4.41. The maximum atomic E-state index is 10.6. The molecule has 0 fully saturated rings. The minimum atomic E-state index is -5.08. The van der Waals surface area contributed by atoms with Gasteiger partial charge in [0.1, 0.15) is 5.82 Å². The molecule has 0 aromatic carbocycles. The first-order valence-corrected chi connectivity index (χ1v) is 4.41. The highest BCUT2D eigenvalue weighted by molar-refractivity contribution is 5.73. The van der Waals surface area contributed by atoms with Crippen LogP contribution < -0.4 is 10.5 Å². The van der Waals surface area contributed by atoms with E-state index in [2.05, 4.69) is 5.10 Å². The number of aromatic nitrogens is 2. The van der Waals surface area contributed by atoms with Crippen molar-refractivity contribution in [2.45, 2.75) is 13.1 Å². The number of nitrogens with two attached hydrogens (primary N) is 1. The van der Waals surface area contributed by atoms with Crippen LogP contribution >= 0.6 is 0 Å². The summed E-state index contributed by atoms with van der Waals surface area (Å²) in [5.41, 5.74) is 5.49. The van der Waals surface area contributed by atoms with Crippen molar-refractivity contribution >= 4 is 11.8 Å². The van der Waals surface area contributed by atoms with E-state index in [1.807, 2.05) is 6.92 Å². The minimum absolute atomic E-state index is 0.586. The quantitative estimate of drug-likeness (QED) is 0.823. The van der Waals surface area contributed by atoms with Crippen molar-refractivity contribution in [3.8, 4) is 5.88 Å². The second kappa shape index (κ2) is 5.97. The summed E-state index contributed by atoms with van der Waals surface area (Å²) in [6.07, 6.45) is -5.08. The number of ether oxygens (including phenoxy) is 1. The Kier molecular flexibility index (Phi) is 5.29. The molecule has 0 spiro atoms. The van der Waals surface area contributed by atoms with Crippen LogP contribution in [0.2, 0.25) is 0 Å². The summed E-state index contributed by atoms with van der Waals surface area (Å²) >= 11 is 0. The van der Waals surface area contributed by atoms with Crippen molar-refractivity contribution in [3.63, 3.8) is 0 Å². The van der Waals surface area contributed by atoms with Crippen LogP contribution in [-0.4, -0.2) is 33.6 Å². The molecule has 1 rings (SSSR count). The predicted molar refractivity (Wildman–Crippen MR) is 52.5 cm³/mol. The average molecular weight is 255 g/mol. The van der Waals surface area contributed by atoms with Crippen molar-refractivity contribution in [2.75, 3.05) is 12.3 Å². The van der Waals surface area contributed by atoms with Crippen LogP contribution in [0.3, 0.4) is 0 Å². The summed E-state index contributed by atoms with van der Waals surface area (Å²) in [5, 5.41) is 11.1. The van der Waals surface area contributed by atoms with Gasteiger partial charge in [-0.15, -0.1) is 5.10 Å². The van der Waals surface area contributed by atoms with Gasteiger partial charge in [0.15, 0.2) is 0 Å². The summed E-state index contributed by atoms with van der Waals surface area (Å²) in [6.45, 7) is 2.53. The molecular weight excluding hydrogens is 243 g/mol. The average Bonchev–Trinajstić information content (AvgIpc) is 2.46. The van der Waals surface area contributed by atoms with Gasteiger partial charge in [-0.25, -0.2) is 9.48 Å². The number of hydrogen-bond donors (Lipinski definition) is 2. The Hall–Kier alpha value is -1.93. The van der Waals surface area contributed by atoms with Gasteiger partial charge >= 0.3 is 12.1 Å². The zero-order valence-electron chi connectivity index (χ0n) is 9.15. The molecule has 98 valence electrons. The van der Waals surface area contributed by atoms with Crippen LogP contribution in [0.25, 0.3) is 0 Å². The number of anilines is 1. The summed E-state index contributed by atoms with van der Waals surface area (Å²) in [6, 6.07) is 1.70. The summed E-state index contributed by atoms with van der Waals surface area (Å²) in [7, 11) is 1.78. The summed E-state index contributed by atoms with van der Waals surface area (Å²) in [5.74, 6) is -1.56. The zero-order valence-corrected chi connectivity index (χ0v) is 9.15. The van der Waals surface area contributed by atoms with Crippen LogP contribution in [-0.2, 0) is 11.8 Å². The first kappa shape index (κ1) is 15.1. The molecule has 0 atom stereocenters. The molecule has 17 heavy (non-hydrogen) atoms. The molecule has 6 nitrogen and oxygen atoms in total. The number of nitrogen functional groups attached to an aromatic ring is 1. The molecule has 0 amide bonds. The Bertz CT molecular complexity index is 356. The van der Waals surface area contributed by atoms with Gasteiger partial charge in [-0.1, -0.05) is 0 Å². The van der Waals surface area contributed by atoms with E-state index >= 15 is 0 Å². The Balaban J connectivity index is 0.000000325. The number of nitrogens with zero attached hydrogens (tertiary/aromatic N) is 2. The van der Waals surface area contributed by atoms with Gasteiger partial charge in [0.2, 0.25) is 5.88 Å². The van der Waals surface area contributed by atoms with E-state index in [-0.39, 0.29) is 0 Å². The third-order valence-electron chi connectivity index (χ3n) is 1.43. The number of aryl methyl sites for hydroxylation is 1. The molecule has 1 heterocycles. The number of halogens is 3. The first-order chi connectivity index (χ1) is 7.68. The number of hydrogen-bond acceptors (Lipinski definition) is 4. The monoisotopic (exact) mass is 255 g/mol. The molecule has 0 unspecified atom stereocenters. The second-order valence-corrected chi connectivity index (χ2v) is 2.77. The Morgan fingerprint density at radius 2 is 2.12 bits per heavy atom. The molecular formula is C8H12F3N3O3. The van der Waals surface area contributed by atoms with Gasteiger partial charge in [-0.3, -0.25) is 0 Å². The predicted octanol–water partition coefficient (Wildman–Crippen LogP) is 1.03. The van der Waals surface area contributed by atoms with E-state index in [0.29, 0.717) is 18.3 Å². The highest BCUT2D eigenvalue weighted by atomic mass is 19.4. The van der Waals surface area contributed by atoms with Gasteiger partial charge in [-0.2, -0.15) is 13.2 Å². The highest BCUT2D eigenvalue weighted by Gasteiger charge is 2.38. The van der Waals surface area contributed by atoms with Crippen LogP contribution in [0.1, 0.15) is 6.92 Å². The lowest BCUT2D eigenvalue weighted by atomic mass is 10.6. The van der Waals surface area contributed by atoms with E-state index < -0.39 is 12.1 Å². The van der Waals surface area contributed by atoms with E-state index in [1.54, 1.807) is 17.8 Å². The summed E-state index contributed by atoms with van der Waals surface area (Å²) < 4.78 is 38.4. The van der Waals surface area contributed by atoms with E-state index in [1.165, 1.54) is 0 Å². The van der Waals surface area contributed by atoms with Crippen molar-refractivity contribution in [1.29, 1.82) is 0 Å². The third kappa shape index (κ3) is 5.64. The molecule has 0 aliphatic rings. The van der Waals surface area contributed by atoms with Crippen molar-refractivity contribution in [1.82, 2.24) is 9.78 Å². The molecule has 1 aromatic heterocycles. The smallest absolute Gasteiger partial charge is 0.477 e. The number of aliphatic carboxylic acids is 1. The van der Waals surface area contributed by atoms with Crippen LogP contribution in [0.15, 0.2) is 6.07 Å². The number of carboxylic acid groups (broad SMARTS) is 1. The highest BCUT2D eigenvalue weighted by Crippen LogP contribution is 2.13. The molecule has 3 N–H and O–H groups in total. The molecule has 0 saturated heterocycles. The van der Waals surface area contributed by atoms with Crippen molar-refractivity contribution in [3.05, 3.63) is 6.07 Å². The minimum Gasteiger partial charge on any atom is -0.477 e. The topological polar surface area (TPSA) is 90.4 Å². The maximum Gasteiger partial charge on any atom is 0.490 e. The third-order valence-corrected chi connectivity index (χ3v) is 1.43. The number of alkyl halides is 3. The Labute approximate surface area is 94.8 Å². The van der Waals surface area contributed by atoms with E-state index in [0.717, 1.165) is 0 Å². The normalized spacial score (nSPS) is 10.4. The number of rotatable bonds is 2. The zero-order chi connectivity index (χ0) is 13.6. The SMILES string of the molecule is CCOc1cc(N)n(C)n1.O=C(O)C(F)(F)F. The lowest BCUT2D eigenvalue weighted by Gasteiger charge is -1.93. The van der Waals surface area contributed by atoms with Gasteiger partial charge in [0, 0.05) is 13.1 Å². The van der Waals surface area contributed by atoms with Gasteiger partial charge < -0.3 is 15.6 Å². The molecule has 0 aliphatic heterocycles. The summed E-state index contributed by atoms with van der Waals surface area (Å²) in [4.78, 5) is 8.90. The molecule has 0 aliphatic carbocycles. The fraction of sp³-hybridized carbons (Fsp3) is 0.500. The Morgan fingerprint density at radius 3 is 2.35 bits per heavy atom. The fourth-order valence-corrected chi connectivity index (χ4v) is 0.673. The van der Waals surface area contributed by atoms with Crippen LogP contribution in [0, 0.1) is 0 Å². The lowest BCUT2D eigenvalue weighted by Crippen LogP contribution is -2.21. The fourth-order valence-electron chi connectivity index (χ4n) is 0.673. The lowest BCUT2D eigenvalue weighted by molar-refractivity contribution is -0.192. The van der Waals surface area contributed by atoms with E-state index in [4.69, 9.17) is 20.4 Å². The second-order valence-electron chi connectivity index (χ2n) is 2.77. The number of carbonyl (C=O) groups is 1. The molecule has 0 radical (unpaired) electrons. The number of carboxylic acids is 1. The molecule has 0 saturated carbocycles. The van der Waals surface area contributed by atoms with Gasteiger partial charge in [0.05, 0.1) is 6.61 Å². The van der Waals surface area contributed by atoms with Gasteiger partial charge in [-0.05, 0) is 6.92 Å². The van der Waals surface area contributed by atoms with E-state index in [9.17, 15) is 13.2 Å².